The zero-order valence-corrected chi connectivity index (χ0v) is 13.0. The Labute approximate surface area is 137 Å². The average molecular weight is 331 g/mol. The van der Waals surface area contributed by atoms with E-state index in [2.05, 4.69) is 0 Å². The summed E-state index contributed by atoms with van der Waals surface area (Å²) in [5.74, 6) is 1.70. The van der Waals surface area contributed by atoms with Crippen molar-refractivity contribution in [2.75, 3.05) is 19.1 Å². The maximum atomic E-state index is 13.5. The average Bonchev–Trinajstić information content (AvgIpc) is 3.22. The van der Waals surface area contributed by atoms with Crippen LogP contribution in [0, 0.1) is 5.82 Å². The van der Waals surface area contributed by atoms with Crippen molar-refractivity contribution in [2.45, 2.75) is 5.37 Å². The first-order chi connectivity index (χ1) is 11.2. The summed E-state index contributed by atoms with van der Waals surface area (Å²) >= 11 is 1.64. The van der Waals surface area contributed by atoms with Gasteiger partial charge in [-0.2, -0.15) is 0 Å². The molecule has 4 rings (SSSR count). The molecule has 0 aliphatic carbocycles. The lowest BCUT2D eigenvalue weighted by atomic mass is 10.1. The Morgan fingerprint density at radius 1 is 1.17 bits per heavy atom. The summed E-state index contributed by atoms with van der Waals surface area (Å²) in [5.41, 5.74) is 1.36. The third-order valence-electron chi connectivity index (χ3n) is 3.91. The van der Waals surface area contributed by atoms with Crippen LogP contribution in [0.3, 0.4) is 0 Å². The van der Waals surface area contributed by atoms with Gasteiger partial charge in [-0.1, -0.05) is 12.1 Å². The molecule has 0 bridgehead atoms. The molecule has 0 N–H and O–H groups in total. The number of hydrogen-bond acceptors (Lipinski definition) is 4. The van der Waals surface area contributed by atoms with Crippen LogP contribution in [0.1, 0.15) is 21.3 Å². The molecule has 2 heterocycles. The zero-order chi connectivity index (χ0) is 15.8. The third kappa shape index (κ3) is 2.63. The fraction of sp³-hybridized carbons (Fsp3) is 0.235. The third-order valence-corrected chi connectivity index (χ3v) is 5.17. The summed E-state index contributed by atoms with van der Waals surface area (Å²) in [4.78, 5) is 14.6. The van der Waals surface area contributed by atoms with Gasteiger partial charge in [-0.3, -0.25) is 4.79 Å². The largest absolute Gasteiger partial charge is 0.454 e. The van der Waals surface area contributed by atoms with Crippen molar-refractivity contribution in [2.24, 2.45) is 0 Å². The summed E-state index contributed by atoms with van der Waals surface area (Å²) in [7, 11) is 0. The van der Waals surface area contributed by atoms with Crippen LogP contribution < -0.4 is 9.47 Å². The Balaban J connectivity index is 1.62. The summed E-state index contributed by atoms with van der Waals surface area (Å²) in [6.45, 7) is 0.817. The van der Waals surface area contributed by atoms with Gasteiger partial charge in [0.2, 0.25) is 6.79 Å². The SMILES string of the molecule is O=C(c1ccc2c(c1)OCO2)N1CCSC1c1cccc(F)c1. The molecular formula is C17H14FNO3S. The second-order valence-electron chi connectivity index (χ2n) is 5.34. The summed E-state index contributed by atoms with van der Waals surface area (Å²) in [5, 5.41) is -0.163. The number of benzene rings is 2. The number of nitrogens with zero attached hydrogens (tertiary/aromatic N) is 1. The number of amides is 1. The van der Waals surface area contributed by atoms with Gasteiger partial charge in [0.15, 0.2) is 11.5 Å². The Bertz CT molecular complexity index is 767. The molecule has 23 heavy (non-hydrogen) atoms. The molecule has 2 aliphatic heterocycles. The normalized spacial score (nSPS) is 19.2. The lowest BCUT2D eigenvalue weighted by Crippen LogP contribution is -2.30. The van der Waals surface area contributed by atoms with Gasteiger partial charge in [0, 0.05) is 17.9 Å². The van der Waals surface area contributed by atoms with Crippen molar-refractivity contribution < 1.29 is 18.7 Å². The Kier molecular flexibility index (Phi) is 3.61. The fourth-order valence-corrected chi connectivity index (χ4v) is 4.06. The number of carbonyl (C=O) groups excluding carboxylic acids is 1. The van der Waals surface area contributed by atoms with Crippen molar-refractivity contribution in [3.05, 3.63) is 59.4 Å². The number of thioether (sulfide) groups is 1. The van der Waals surface area contributed by atoms with Crippen molar-refractivity contribution in [1.82, 2.24) is 4.90 Å². The first-order valence-electron chi connectivity index (χ1n) is 7.30. The van der Waals surface area contributed by atoms with E-state index in [1.54, 1.807) is 40.9 Å². The maximum absolute atomic E-state index is 13.5. The molecule has 6 heteroatoms. The topological polar surface area (TPSA) is 38.8 Å². The van der Waals surface area contributed by atoms with Gasteiger partial charge in [0.25, 0.3) is 5.91 Å². The highest BCUT2D eigenvalue weighted by molar-refractivity contribution is 7.99. The quantitative estimate of drug-likeness (QED) is 0.845. The number of carbonyl (C=O) groups is 1. The van der Waals surface area contributed by atoms with Crippen LogP contribution in [-0.2, 0) is 0 Å². The van der Waals surface area contributed by atoms with Gasteiger partial charge >= 0.3 is 0 Å². The second-order valence-corrected chi connectivity index (χ2v) is 6.53. The molecule has 1 atom stereocenters. The van der Waals surface area contributed by atoms with Crippen molar-refractivity contribution in [1.29, 1.82) is 0 Å². The molecule has 1 fully saturated rings. The number of halogens is 1. The smallest absolute Gasteiger partial charge is 0.255 e. The molecular weight excluding hydrogens is 317 g/mol. The summed E-state index contributed by atoms with van der Waals surface area (Å²) in [6.07, 6.45) is 0. The zero-order valence-electron chi connectivity index (χ0n) is 12.2. The lowest BCUT2D eigenvalue weighted by molar-refractivity contribution is 0.0759. The van der Waals surface area contributed by atoms with E-state index in [4.69, 9.17) is 9.47 Å². The molecule has 1 unspecified atom stereocenters. The number of fused-ring (bicyclic) bond motifs is 1. The molecule has 118 valence electrons. The Hall–Kier alpha value is -2.21. The Morgan fingerprint density at radius 2 is 2.04 bits per heavy atom. The molecule has 2 aliphatic rings. The molecule has 2 aromatic rings. The first kappa shape index (κ1) is 14.4. The van der Waals surface area contributed by atoms with Crippen LogP contribution in [0.15, 0.2) is 42.5 Å². The lowest BCUT2D eigenvalue weighted by Gasteiger charge is -2.24. The van der Waals surface area contributed by atoms with Crippen LogP contribution in [0.5, 0.6) is 11.5 Å². The van der Waals surface area contributed by atoms with Crippen LogP contribution in [-0.4, -0.2) is 29.9 Å². The van der Waals surface area contributed by atoms with Gasteiger partial charge in [-0.25, -0.2) is 4.39 Å². The Morgan fingerprint density at radius 3 is 2.91 bits per heavy atom. The molecule has 4 nitrogen and oxygen atoms in total. The minimum Gasteiger partial charge on any atom is -0.454 e. The first-order valence-corrected chi connectivity index (χ1v) is 8.35. The van der Waals surface area contributed by atoms with E-state index in [1.807, 2.05) is 6.07 Å². The summed E-state index contributed by atoms with van der Waals surface area (Å²) < 4.78 is 24.1. The van der Waals surface area contributed by atoms with Gasteiger partial charge in [0.1, 0.15) is 11.2 Å². The van der Waals surface area contributed by atoms with E-state index in [1.165, 1.54) is 12.1 Å². The minimum absolute atomic E-state index is 0.0810. The molecule has 0 spiro atoms. The molecule has 0 radical (unpaired) electrons. The van der Waals surface area contributed by atoms with Gasteiger partial charge in [-0.15, -0.1) is 11.8 Å². The molecule has 1 amide bonds. The monoisotopic (exact) mass is 331 g/mol. The predicted molar refractivity (Wildman–Crippen MR) is 85.2 cm³/mol. The van der Waals surface area contributed by atoms with Gasteiger partial charge < -0.3 is 14.4 Å². The minimum atomic E-state index is -0.287. The van der Waals surface area contributed by atoms with E-state index in [-0.39, 0.29) is 23.9 Å². The standard InChI is InChI=1S/C17H14FNO3S/c18-13-3-1-2-12(8-13)17-19(6-7-23-17)16(20)11-4-5-14-15(9-11)22-10-21-14/h1-5,8-9,17H,6-7,10H2. The van der Waals surface area contributed by atoms with Crippen LogP contribution in [0.25, 0.3) is 0 Å². The van der Waals surface area contributed by atoms with Crippen LogP contribution in [0.2, 0.25) is 0 Å². The molecule has 2 aromatic carbocycles. The van der Waals surface area contributed by atoms with Crippen molar-refractivity contribution in [3.63, 3.8) is 0 Å². The van der Waals surface area contributed by atoms with E-state index in [0.717, 1.165) is 11.3 Å². The molecule has 1 saturated heterocycles. The number of ether oxygens (including phenoxy) is 2. The number of hydrogen-bond donors (Lipinski definition) is 0. The van der Waals surface area contributed by atoms with Crippen LogP contribution in [0.4, 0.5) is 4.39 Å². The fourth-order valence-electron chi connectivity index (χ4n) is 2.81. The summed E-state index contributed by atoms with van der Waals surface area (Å²) in [6, 6.07) is 11.6. The van der Waals surface area contributed by atoms with Crippen molar-refractivity contribution >= 4 is 17.7 Å². The molecule has 0 aromatic heterocycles. The number of rotatable bonds is 2. The second kappa shape index (κ2) is 5.77. The molecule has 0 saturated carbocycles. The van der Waals surface area contributed by atoms with Crippen LogP contribution >= 0.6 is 11.8 Å². The highest BCUT2D eigenvalue weighted by Crippen LogP contribution is 2.40. The van der Waals surface area contributed by atoms with E-state index >= 15 is 0 Å². The van der Waals surface area contributed by atoms with Gasteiger partial charge in [-0.05, 0) is 35.9 Å². The highest BCUT2D eigenvalue weighted by Gasteiger charge is 2.32. The van der Waals surface area contributed by atoms with Crippen molar-refractivity contribution in [3.8, 4) is 11.5 Å². The van der Waals surface area contributed by atoms with E-state index in [9.17, 15) is 9.18 Å². The van der Waals surface area contributed by atoms with Gasteiger partial charge in [0.05, 0.1) is 0 Å². The predicted octanol–water partition coefficient (Wildman–Crippen LogP) is 3.44. The maximum Gasteiger partial charge on any atom is 0.255 e. The highest BCUT2D eigenvalue weighted by atomic mass is 32.2. The van der Waals surface area contributed by atoms with E-state index < -0.39 is 0 Å². The van der Waals surface area contributed by atoms with E-state index in [0.29, 0.717) is 23.6 Å².